The lowest BCUT2D eigenvalue weighted by atomic mass is 10.1. The molecule has 0 aromatic heterocycles. The summed E-state index contributed by atoms with van der Waals surface area (Å²) in [6, 6.07) is 14.0. The highest BCUT2D eigenvalue weighted by Gasteiger charge is 2.20. The molecule has 140 valence electrons. The highest BCUT2D eigenvalue weighted by Crippen LogP contribution is 2.21. The van der Waals surface area contributed by atoms with Crippen molar-refractivity contribution in [3.05, 3.63) is 59.7 Å². The number of hydrogen-bond acceptors (Lipinski definition) is 4. The van der Waals surface area contributed by atoms with E-state index in [-0.39, 0.29) is 11.9 Å². The van der Waals surface area contributed by atoms with Crippen molar-refractivity contribution in [3.8, 4) is 5.75 Å². The molecule has 0 spiro atoms. The highest BCUT2D eigenvalue weighted by molar-refractivity contribution is 7.92. The molecule has 2 aromatic rings. The average Bonchev–Trinajstić information content (AvgIpc) is 2.59. The number of amides is 1. The third kappa shape index (κ3) is 5.23. The summed E-state index contributed by atoms with van der Waals surface area (Å²) in [5.41, 5.74) is 1.77. The molecule has 0 saturated heterocycles. The lowest BCUT2D eigenvalue weighted by Crippen LogP contribution is -2.38. The second kappa shape index (κ2) is 8.23. The molecule has 0 bridgehead atoms. The van der Waals surface area contributed by atoms with Crippen LogP contribution < -0.4 is 14.4 Å². The number of carbonyl (C=O) groups is 1. The van der Waals surface area contributed by atoms with Crippen molar-refractivity contribution in [1.82, 2.24) is 5.32 Å². The van der Waals surface area contributed by atoms with E-state index in [0.29, 0.717) is 17.9 Å². The van der Waals surface area contributed by atoms with Crippen LogP contribution in [-0.4, -0.2) is 40.3 Å². The predicted molar refractivity (Wildman–Crippen MR) is 103 cm³/mol. The van der Waals surface area contributed by atoms with Gasteiger partial charge in [0.1, 0.15) is 12.4 Å². The molecule has 6 nitrogen and oxygen atoms in total. The number of rotatable bonds is 7. The summed E-state index contributed by atoms with van der Waals surface area (Å²) >= 11 is 0. The van der Waals surface area contributed by atoms with Gasteiger partial charge in [0.05, 0.1) is 23.5 Å². The van der Waals surface area contributed by atoms with Crippen molar-refractivity contribution in [1.29, 1.82) is 0 Å². The zero-order valence-electron chi connectivity index (χ0n) is 15.4. The van der Waals surface area contributed by atoms with Gasteiger partial charge in [-0.2, -0.15) is 0 Å². The van der Waals surface area contributed by atoms with E-state index >= 15 is 0 Å². The molecule has 1 unspecified atom stereocenters. The molecule has 0 radical (unpaired) electrons. The van der Waals surface area contributed by atoms with E-state index in [9.17, 15) is 13.2 Å². The molecular weight excluding hydrogens is 352 g/mol. The Morgan fingerprint density at radius 1 is 1.15 bits per heavy atom. The Morgan fingerprint density at radius 2 is 1.77 bits per heavy atom. The van der Waals surface area contributed by atoms with Crippen LogP contribution in [0.5, 0.6) is 5.75 Å². The number of aryl methyl sites for hydroxylation is 1. The fraction of sp³-hybridized carbons (Fsp3) is 0.316. The van der Waals surface area contributed by atoms with Crippen molar-refractivity contribution < 1.29 is 17.9 Å². The minimum Gasteiger partial charge on any atom is -0.491 e. The van der Waals surface area contributed by atoms with Crippen molar-refractivity contribution in [2.75, 3.05) is 24.2 Å². The first kappa shape index (κ1) is 19.8. The van der Waals surface area contributed by atoms with E-state index in [0.717, 1.165) is 21.9 Å². The summed E-state index contributed by atoms with van der Waals surface area (Å²) in [5.74, 6) is 0.380. The molecule has 2 aromatic carbocycles. The SMILES string of the molecule is Cc1ccc(OCC(C)NC(=O)c2ccccc2N(C)S(C)(=O)=O)cc1. The molecule has 7 heteroatoms. The van der Waals surface area contributed by atoms with Crippen LogP contribution in [0.25, 0.3) is 0 Å². The van der Waals surface area contributed by atoms with Crippen LogP contribution in [0.1, 0.15) is 22.8 Å². The van der Waals surface area contributed by atoms with Crippen LogP contribution in [0.15, 0.2) is 48.5 Å². The second-order valence-corrected chi connectivity index (χ2v) is 8.26. The van der Waals surface area contributed by atoms with Gasteiger partial charge in [-0.3, -0.25) is 9.10 Å². The zero-order valence-corrected chi connectivity index (χ0v) is 16.2. The molecular formula is C19H24N2O4S. The number of sulfonamides is 1. The topological polar surface area (TPSA) is 75.7 Å². The van der Waals surface area contributed by atoms with Crippen molar-refractivity contribution in [2.24, 2.45) is 0 Å². The first-order valence-electron chi connectivity index (χ1n) is 8.21. The quantitative estimate of drug-likeness (QED) is 0.806. The van der Waals surface area contributed by atoms with Gasteiger partial charge in [0.2, 0.25) is 10.0 Å². The molecule has 2 rings (SSSR count). The molecule has 0 saturated carbocycles. The van der Waals surface area contributed by atoms with Gasteiger partial charge in [0, 0.05) is 7.05 Å². The maximum atomic E-state index is 12.6. The van der Waals surface area contributed by atoms with Crippen LogP contribution >= 0.6 is 0 Å². The van der Waals surface area contributed by atoms with Gasteiger partial charge in [-0.1, -0.05) is 29.8 Å². The van der Waals surface area contributed by atoms with Crippen LogP contribution in [-0.2, 0) is 10.0 Å². The van der Waals surface area contributed by atoms with E-state index in [1.165, 1.54) is 7.05 Å². The standard InChI is InChI=1S/C19H24N2O4S/c1-14-9-11-16(12-10-14)25-13-15(2)20-19(22)17-7-5-6-8-18(17)21(3)26(4,23)24/h5-12,15H,13H2,1-4H3,(H,20,22). The zero-order chi connectivity index (χ0) is 19.3. The van der Waals surface area contributed by atoms with Gasteiger partial charge in [-0.25, -0.2) is 8.42 Å². The summed E-state index contributed by atoms with van der Waals surface area (Å²) in [7, 11) is -2.04. The summed E-state index contributed by atoms with van der Waals surface area (Å²) in [5, 5.41) is 2.84. The Hall–Kier alpha value is -2.54. The molecule has 1 amide bonds. The Labute approximate surface area is 154 Å². The van der Waals surface area contributed by atoms with E-state index in [1.807, 2.05) is 38.1 Å². The number of nitrogens with one attached hydrogen (secondary N) is 1. The minimum atomic E-state index is -3.46. The first-order valence-corrected chi connectivity index (χ1v) is 10.1. The molecule has 0 aliphatic heterocycles. The summed E-state index contributed by atoms with van der Waals surface area (Å²) in [4.78, 5) is 12.6. The van der Waals surface area contributed by atoms with E-state index in [1.54, 1.807) is 24.3 Å². The van der Waals surface area contributed by atoms with Crippen LogP contribution in [0, 0.1) is 6.92 Å². The highest BCUT2D eigenvalue weighted by atomic mass is 32.2. The number of carbonyl (C=O) groups excluding carboxylic acids is 1. The smallest absolute Gasteiger partial charge is 0.253 e. The predicted octanol–water partition coefficient (Wildman–Crippen LogP) is 2.59. The monoisotopic (exact) mass is 376 g/mol. The van der Waals surface area contributed by atoms with Crippen LogP contribution in [0.3, 0.4) is 0 Å². The molecule has 1 atom stereocenters. The third-order valence-electron chi connectivity index (χ3n) is 3.88. The van der Waals surface area contributed by atoms with Crippen molar-refractivity contribution in [3.63, 3.8) is 0 Å². The maximum absolute atomic E-state index is 12.6. The van der Waals surface area contributed by atoms with Gasteiger partial charge in [0.25, 0.3) is 5.91 Å². The lowest BCUT2D eigenvalue weighted by molar-refractivity contribution is 0.0927. The number of ether oxygens (including phenoxy) is 1. The Balaban J connectivity index is 2.04. The number of anilines is 1. The number of hydrogen-bond donors (Lipinski definition) is 1. The second-order valence-electron chi connectivity index (χ2n) is 6.25. The number of para-hydroxylation sites is 1. The molecule has 0 fully saturated rings. The molecule has 26 heavy (non-hydrogen) atoms. The largest absolute Gasteiger partial charge is 0.491 e. The van der Waals surface area contributed by atoms with Crippen molar-refractivity contribution >= 4 is 21.6 Å². The van der Waals surface area contributed by atoms with Gasteiger partial charge in [0.15, 0.2) is 0 Å². The van der Waals surface area contributed by atoms with Gasteiger partial charge >= 0.3 is 0 Å². The normalized spacial score (nSPS) is 12.3. The molecule has 0 aliphatic rings. The van der Waals surface area contributed by atoms with Crippen molar-refractivity contribution in [2.45, 2.75) is 19.9 Å². The third-order valence-corrected chi connectivity index (χ3v) is 5.08. The lowest BCUT2D eigenvalue weighted by Gasteiger charge is -2.21. The fourth-order valence-corrected chi connectivity index (χ4v) is 2.83. The summed E-state index contributed by atoms with van der Waals surface area (Å²) < 4.78 is 30.3. The molecule has 1 N–H and O–H groups in total. The minimum absolute atomic E-state index is 0.250. The number of nitrogens with zero attached hydrogens (tertiary/aromatic N) is 1. The summed E-state index contributed by atoms with van der Waals surface area (Å²) in [6.07, 6.45) is 1.10. The van der Waals surface area contributed by atoms with Gasteiger partial charge in [-0.15, -0.1) is 0 Å². The fourth-order valence-electron chi connectivity index (χ4n) is 2.32. The maximum Gasteiger partial charge on any atom is 0.253 e. The molecule has 0 aliphatic carbocycles. The van der Waals surface area contributed by atoms with Crippen LogP contribution in [0.2, 0.25) is 0 Å². The molecule has 0 heterocycles. The van der Waals surface area contributed by atoms with E-state index in [4.69, 9.17) is 4.74 Å². The number of benzene rings is 2. The Kier molecular flexibility index (Phi) is 6.26. The first-order chi connectivity index (χ1) is 12.2. The summed E-state index contributed by atoms with van der Waals surface area (Å²) in [6.45, 7) is 4.13. The average molecular weight is 376 g/mol. The Bertz CT molecular complexity index is 863. The van der Waals surface area contributed by atoms with Gasteiger partial charge in [-0.05, 0) is 38.1 Å². The van der Waals surface area contributed by atoms with Crippen LogP contribution in [0.4, 0.5) is 5.69 Å². The van der Waals surface area contributed by atoms with E-state index in [2.05, 4.69) is 5.32 Å². The van der Waals surface area contributed by atoms with E-state index < -0.39 is 10.0 Å². The Morgan fingerprint density at radius 3 is 2.38 bits per heavy atom. The van der Waals surface area contributed by atoms with Gasteiger partial charge < -0.3 is 10.1 Å².